The molecule has 32 heavy (non-hydrogen) atoms. The fourth-order valence-corrected chi connectivity index (χ4v) is 4.47. The first-order valence-corrected chi connectivity index (χ1v) is 11.9. The Bertz CT molecular complexity index is 1050. The van der Waals surface area contributed by atoms with Gasteiger partial charge in [-0.05, 0) is 49.8 Å². The van der Waals surface area contributed by atoms with Crippen LogP contribution in [0.3, 0.4) is 0 Å². The molecule has 10 heteroatoms. The van der Waals surface area contributed by atoms with Gasteiger partial charge in [-0.3, -0.25) is 14.5 Å². The van der Waals surface area contributed by atoms with Gasteiger partial charge >= 0.3 is 0 Å². The maximum Gasteiger partial charge on any atom is 0.266 e. The third kappa shape index (κ3) is 6.17. The Morgan fingerprint density at radius 1 is 1.19 bits per heavy atom. The van der Waals surface area contributed by atoms with Gasteiger partial charge in [-0.15, -0.1) is 0 Å². The van der Waals surface area contributed by atoms with Crippen LogP contribution in [-0.4, -0.2) is 37.6 Å². The highest BCUT2D eigenvalue weighted by molar-refractivity contribution is 8.26. The fourth-order valence-electron chi connectivity index (χ4n) is 2.79. The normalized spacial score (nSPS) is 16.4. The van der Waals surface area contributed by atoms with Crippen molar-refractivity contribution < 1.29 is 14.3 Å². The van der Waals surface area contributed by atoms with E-state index in [0.717, 1.165) is 11.1 Å². The van der Waals surface area contributed by atoms with Gasteiger partial charge in [-0.1, -0.05) is 88.6 Å². The molecule has 1 saturated heterocycles. The number of thioether (sulfide) groups is 1. The maximum atomic E-state index is 12.5. The standard InChI is InChI=1S/C22H19Cl3N2O3S2/c1-3-27-19(29)17(32-21(27)31)12-14-6-10-16(11-7-14)30-20(22(23,24)25)26-18(28)15-8-4-13(2)5-9-15/h4-12,20H,3H2,1-2H3,(H,26,28)/b17-12-/t20-/m1/s1. The molecule has 2 amide bonds. The Kier molecular flexibility index (Phi) is 8.11. The second-order valence-corrected chi connectivity index (χ2v) is 10.9. The number of alkyl halides is 3. The summed E-state index contributed by atoms with van der Waals surface area (Å²) in [6.45, 7) is 4.32. The molecule has 0 radical (unpaired) electrons. The number of halogens is 3. The van der Waals surface area contributed by atoms with E-state index in [9.17, 15) is 9.59 Å². The molecule has 1 fully saturated rings. The molecule has 1 heterocycles. The minimum absolute atomic E-state index is 0.113. The van der Waals surface area contributed by atoms with Crippen LogP contribution in [0.15, 0.2) is 53.4 Å². The summed E-state index contributed by atoms with van der Waals surface area (Å²) in [6, 6.07) is 13.8. The Morgan fingerprint density at radius 2 is 1.81 bits per heavy atom. The van der Waals surface area contributed by atoms with Crippen molar-refractivity contribution in [2.45, 2.75) is 23.9 Å². The Morgan fingerprint density at radius 3 is 2.34 bits per heavy atom. The Balaban J connectivity index is 1.72. The fraction of sp³-hybridized carbons (Fsp3) is 0.227. The van der Waals surface area contributed by atoms with Crippen LogP contribution in [-0.2, 0) is 4.79 Å². The van der Waals surface area contributed by atoms with Crippen LogP contribution in [0, 0.1) is 6.92 Å². The molecule has 2 aromatic carbocycles. The van der Waals surface area contributed by atoms with Gasteiger partial charge in [0.2, 0.25) is 10.0 Å². The number of carbonyl (C=O) groups is 2. The first-order valence-electron chi connectivity index (χ1n) is 9.55. The summed E-state index contributed by atoms with van der Waals surface area (Å²) in [4.78, 5) is 27.0. The predicted molar refractivity (Wildman–Crippen MR) is 135 cm³/mol. The largest absolute Gasteiger partial charge is 0.466 e. The van der Waals surface area contributed by atoms with Gasteiger partial charge in [0, 0.05) is 12.1 Å². The van der Waals surface area contributed by atoms with Crippen LogP contribution in [0.1, 0.15) is 28.4 Å². The van der Waals surface area contributed by atoms with Crippen LogP contribution in [0.25, 0.3) is 6.08 Å². The zero-order valence-corrected chi connectivity index (χ0v) is 21.0. The van der Waals surface area contributed by atoms with Gasteiger partial charge in [0.1, 0.15) is 10.1 Å². The topological polar surface area (TPSA) is 58.6 Å². The van der Waals surface area contributed by atoms with Crippen LogP contribution >= 0.6 is 58.8 Å². The number of aryl methyl sites for hydroxylation is 1. The van der Waals surface area contributed by atoms with Crippen LogP contribution < -0.4 is 10.1 Å². The summed E-state index contributed by atoms with van der Waals surface area (Å²) in [5.74, 6) is -0.169. The van der Waals surface area contributed by atoms with E-state index < -0.39 is 15.9 Å². The number of hydrogen-bond donors (Lipinski definition) is 1. The lowest BCUT2D eigenvalue weighted by Gasteiger charge is -2.26. The molecule has 0 aliphatic carbocycles. The van der Waals surface area contributed by atoms with E-state index in [1.807, 2.05) is 26.0 Å². The highest BCUT2D eigenvalue weighted by Gasteiger charge is 2.36. The number of hydrogen-bond acceptors (Lipinski definition) is 5. The molecule has 0 spiro atoms. The zero-order chi connectivity index (χ0) is 23.5. The Hall–Kier alpha value is -1.77. The summed E-state index contributed by atoms with van der Waals surface area (Å²) in [7, 11) is 0. The summed E-state index contributed by atoms with van der Waals surface area (Å²) < 4.78 is 4.37. The van der Waals surface area contributed by atoms with Gasteiger partial charge in [-0.2, -0.15) is 0 Å². The van der Waals surface area contributed by atoms with Gasteiger partial charge in [-0.25, -0.2) is 0 Å². The van der Waals surface area contributed by atoms with Crippen molar-refractivity contribution in [3.8, 4) is 5.75 Å². The number of benzene rings is 2. The summed E-state index contributed by atoms with van der Waals surface area (Å²) in [5, 5.41) is 2.60. The molecule has 1 N–H and O–H groups in total. The van der Waals surface area contributed by atoms with Gasteiger partial charge in [0.15, 0.2) is 0 Å². The van der Waals surface area contributed by atoms with E-state index in [4.69, 9.17) is 51.8 Å². The van der Waals surface area contributed by atoms with E-state index in [0.29, 0.717) is 27.1 Å². The summed E-state index contributed by atoms with van der Waals surface area (Å²) in [6.07, 6.45) is 0.526. The third-order valence-corrected chi connectivity index (χ3v) is 6.47. The lowest BCUT2D eigenvalue weighted by atomic mass is 10.1. The average molecular weight is 530 g/mol. The molecular weight excluding hydrogens is 511 g/mol. The molecule has 168 valence electrons. The van der Waals surface area contributed by atoms with Gasteiger partial charge in [0.25, 0.3) is 11.8 Å². The van der Waals surface area contributed by atoms with E-state index in [-0.39, 0.29) is 5.91 Å². The number of nitrogens with zero attached hydrogens (tertiary/aromatic N) is 1. The molecule has 5 nitrogen and oxygen atoms in total. The predicted octanol–water partition coefficient (Wildman–Crippen LogP) is 5.72. The van der Waals surface area contributed by atoms with E-state index in [1.165, 1.54) is 11.8 Å². The van der Waals surface area contributed by atoms with Crippen molar-refractivity contribution in [3.05, 3.63) is 70.1 Å². The first kappa shape index (κ1) is 24.9. The zero-order valence-electron chi connectivity index (χ0n) is 17.1. The molecular formula is C22H19Cl3N2O3S2. The molecule has 0 aromatic heterocycles. The highest BCUT2D eigenvalue weighted by Crippen LogP contribution is 2.34. The van der Waals surface area contributed by atoms with E-state index in [2.05, 4.69) is 5.32 Å². The minimum Gasteiger partial charge on any atom is -0.466 e. The quantitative estimate of drug-likeness (QED) is 0.224. The molecule has 0 bridgehead atoms. The second-order valence-electron chi connectivity index (χ2n) is 6.87. The van der Waals surface area contributed by atoms with Crippen molar-refractivity contribution in [3.63, 3.8) is 0 Å². The monoisotopic (exact) mass is 528 g/mol. The number of carbonyl (C=O) groups excluding carboxylic acids is 2. The van der Waals surface area contributed by atoms with Gasteiger partial charge < -0.3 is 10.1 Å². The lowest BCUT2D eigenvalue weighted by molar-refractivity contribution is -0.121. The van der Waals surface area contributed by atoms with Gasteiger partial charge in [0.05, 0.1) is 4.91 Å². The van der Waals surface area contributed by atoms with Crippen molar-refractivity contribution in [1.82, 2.24) is 10.2 Å². The summed E-state index contributed by atoms with van der Waals surface area (Å²) >= 11 is 24.6. The second kappa shape index (κ2) is 10.4. The third-order valence-electron chi connectivity index (χ3n) is 4.49. The van der Waals surface area contributed by atoms with Crippen LogP contribution in [0.5, 0.6) is 5.75 Å². The lowest BCUT2D eigenvalue weighted by Crippen LogP contribution is -2.47. The van der Waals surface area contributed by atoms with Crippen molar-refractivity contribution in [2.24, 2.45) is 0 Å². The number of nitrogens with one attached hydrogen (secondary N) is 1. The molecule has 2 aromatic rings. The van der Waals surface area contributed by atoms with Crippen LogP contribution in [0.4, 0.5) is 0 Å². The highest BCUT2D eigenvalue weighted by atomic mass is 35.6. The first-order chi connectivity index (χ1) is 15.1. The molecule has 3 rings (SSSR count). The average Bonchev–Trinajstić information content (AvgIpc) is 3.00. The summed E-state index contributed by atoms with van der Waals surface area (Å²) in [5.41, 5.74) is 2.22. The Labute approximate surface area is 211 Å². The molecule has 0 saturated carbocycles. The number of likely N-dealkylation sites (N-methyl/N-ethyl adjacent to an activating group) is 1. The minimum atomic E-state index is -1.91. The molecule has 0 unspecified atom stereocenters. The van der Waals surface area contributed by atoms with E-state index in [1.54, 1.807) is 47.4 Å². The number of amides is 2. The van der Waals surface area contributed by atoms with Crippen molar-refractivity contribution in [1.29, 1.82) is 0 Å². The number of rotatable bonds is 6. The van der Waals surface area contributed by atoms with E-state index >= 15 is 0 Å². The number of thiocarbonyl (C=S) groups is 1. The molecule has 1 aliphatic rings. The maximum absolute atomic E-state index is 12.5. The molecule has 1 aliphatic heterocycles. The SMILES string of the molecule is CCN1C(=O)/C(=C/c2ccc(O[C@@H](NC(=O)c3ccc(C)cc3)C(Cl)(Cl)Cl)cc2)SC1=S. The van der Waals surface area contributed by atoms with Crippen molar-refractivity contribution in [2.75, 3.05) is 6.54 Å². The number of ether oxygens (including phenoxy) is 1. The smallest absolute Gasteiger partial charge is 0.266 e. The molecule has 1 atom stereocenters. The van der Waals surface area contributed by atoms with Crippen LogP contribution in [0.2, 0.25) is 0 Å². The van der Waals surface area contributed by atoms with Crippen molar-refractivity contribution >= 4 is 81.0 Å².